The van der Waals surface area contributed by atoms with Crippen LogP contribution in [0.2, 0.25) is 0 Å². The van der Waals surface area contributed by atoms with Crippen LogP contribution in [0.5, 0.6) is 0 Å². The molecule has 3 aliphatic heterocycles. The third-order valence-corrected chi connectivity index (χ3v) is 6.11. The van der Waals surface area contributed by atoms with Gasteiger partial charge in [-0.25, -0.2) is 9.88 Å². The van der Waals surface area contributed by atoms with Crippen LogP contribution in [0, 0.1) is 0 Å². The van der Waals surface area contributed by atoms with Crippen LogP contribution in [-0.2, 0) is 14.1 Å². The molecule has 0 aromatic rings. The molecule has 7 nitrogen and oxygen atoms in total. The van der Waals surface area contributed by atoms with Crippen LogP contribution < -0.4 is 5.09 Å². The Morgan fingerprint density at radius 1 is 1.68 bits per heavy atom. The molecular weight excluding hydrogens is 291 g/mol. The van der Waals surface area contributed by atoms with Crippen molar-refractivity contribution in [3.8, 4) is 0 Å². The number of hydrogen-bond donors (Lipinski definition) is 3. The molecule has 2 fully saturated rings. The van der Waals surface area contributed by atoms with Gasteiger partial charge in [-0.3, -0.25) is 9.69 Å². The van der Waals surface area contributed by atoms with Crippen molar-refractivity contribution in [1.82, 2.24) is 9.99 Å². The van der Waals surface area contributed by atoms with Crippen molar-refractivity contribution in [2.24, 2.45) is 0 Å². The first-order chi connectivity index (χ1) is 8.97. The number of carbonyl (C=O) groups excluding carboxylic acids is 1. The number of nitrogens with one attached hydrogen (secondary N) is 1. The molecule has 1 unspecified atom stereocenters. The number of carbonyl (C=O) groups is 2. The summed E-state index contributed by atoms with van der Waals surface area (Å²) in [5.41, 5.74) is -0.102. The zero-order valence-electron chi connectivity index (χ0n) is 10.1. The Labute approximate surface area is 115 Å². The summed E-state index contributed by atoms with van der Waals surface area (Å²) < 4.78 is 5.03. The second kappa shape index (κ2) is 4.43. The Morgan fingerprint density at radius 2 is 2.42 bits per heavy atom. The Morgan fingerprint density at radius 3 is 3.05 bits per heavy atom. The molecular formula is C10H13N2O5PS. The second-order valence-corrected chi connectivity index (χ2v) is 6.81. The number of carboxylic acids is 1. The quantitative estimate of drug-likeness (QED) is 0.471. The Bertz CT molecular complexity index is 498. The predicted molar refractivity (Wildman–Crippen MR) is 69.0 cm³/mol. The van der Waals surface area contributed by atoms with Gasteiger partial charge >= 0.3 is 5.97 Å². The molecule has 0 aliphatic carbocycles. The first-order valence-electron chi connectivity index (χ1n) is 5.75. The van der Waals surface area contributed by atoms with E-state index in [1.165, 1.54) is 16.7 Å². The number of carboxylic acid groups (broad SMARTS) is 1. The lowest BCUT2D eigenvalue weighted by Crippen LogP contribution is -2.79. The van der Waals surface area contributed by atoms with Gasteiger partial charge in [0.1, 0.15) is 16.6 Å². The van der Waals surface area contributed by atoms with E-state index < -0.39 is 20.0 Å². The topological polar surface area (TPSA) is 99.1 Å². The Kier molecular flexibility index (Phi) is 3.11. The standard InChI is InChI=1S/C10H13N2O5PS/c1-5-4-19-9-10(2-3-17-18(16)11-10)8(15)12(9)6(5)7(13)14/h9,11,16H,2-4H2,1H3,(H,13,14)/t9-,10-,18?/m0/s1. The monoisotopic (exact) mass is 304 g/mol. The number of aliphatic carboxylic acids is 1. The number of β-lactam (4-membered cyclic amide) rings is 1. The van der Waals surface area contributed by atoms with E-state index in [1.807, 2.05) is 0 Å². The fraction of sp³-hybridized carbons (Fsp3) is 0.600. The first kappa shape index (κ1) is 13.3. The minimum absolute atomic E-state index is 0.0786. The van der Waals surface area contributed by atoms with Gasteiger partial charge < -0.3 is 14.5 Å². The molecule has 0 bridgehead atoms. The summed E-state index contributed by atoms with van der Waals surface area (Å²) in [5, 5.41) is 11.8. The SMILES string of the molecule is CC1=C(C(=O)O)N2C(=O)[C@@]3(CCOP(O)N3)[C@@H]2SC1. The summed E-state index contributed by atoms with van der Waals surface area (Å²) in [6.07, 6.45) is 0.450. The highest BCUT2D eigenvalue weighted by Gasteiger charge is 2.65. The second-order valence-electron chi connectivity index (χ2n) is 4.71. The number of nitrogens with zero attached hydrogens (tertiary/aromatic N) is 1. The zero-order valence-corrected chi connectivity index (χ0v) is 11.8. The summed E-state index contributed by atoms with van der Waals surface area (Å²) in [4.78, 5) is 34.6. The van der Waals surface area contributed by atoms with Crippen LogP contribution in [0.4, 0.5) is 0 Å². The number of amides is 1. The first-order valence-corrected chi connectivity index (χ1v) is 8.01. The van der Waals surface area contributed by atoms with Gasteiger partial charge in [-0.2, -0.15) is 0 Å². The van der Waals surface area contributed by atoms with Crippen LogP contribution in [0.25, 0.3) is 0 Å². The van der Waals surface area contributed by atoms with Crippen molar-refractivity contribution in [3.05, 3.63) is 11.3 Å². The van der Waals surface area contributed by atoms with Crippen LogP contribution in [0.3, 0.4) is 0 Å². The third kappa shape index (κ3) is 1.75. The van der Waals surface area contributed by atoms with Crippen molar-refractivity contribution >= 4 is 32.2 Å². The van der Waals surface area contributed by atoms with Gasteiger partial charge in [0.05, 0.1) is 6.61 Å². The molecule has 3 heterocycles. The molecule has 19 heavy (non-hydrogen) atoms. The van der Waals surface area contributed by atoms with Gasteiger partial charge in [0, 0.05) is 12.2 Å². The number of rotatable bonds is 1. The van der Waals surface area contributed by atoms with Crippen molar-refractivity contribution < 1.29 is 24.1 Å². The highest BCUT2D eigenvalue weighted by atomic mass is 32.2. The molecule has 3 atom stereocenters. The molecule has 1 amide bonds. The molecule has 9 heteroatoms. The van der Waals surface area contributed by atoms with Crippen LogP contribution in [0.1, 0.15) is 13.3 Å². The fourth-order valence-corrected chi connectivity index (χ4v) is 5.21. The molecule has 0 saturated carbocycles. The van der Waals surface area contributed by atoms with Gasteiger partial charge in [0.15, 0.2) is 0 Å². The molecule has 1 spiro atoms. The molecule has 104 valence electrons. The molecule has 3 N–H and O–H groups in total. The highest BCUT2D eigenvalue weighted by Crippen LogP contribution is 2.52. The van der Waals surface area contributed by atoms with Gasteiger partial charge in [-0.15, -0.1) is 11.8 Å². The van der Waals surface area contributed by atoms with Crippen molar-refractivity contribution in [3.63, 3.8) is 0 Å². The van der Waals surface area contributed by atoms with E-state index in [2.05, 4.69) is 5.09 Å². The average Bonchev–Trinajstić information content (AvgIpc) is 2.37. The summed E-state index contributed by atoms with van der Waals surface area (Å²) in [6, 6.07) is 0. The van der Waals surface area contributed by atoms with Gasteiger partial charge in [-0.1, -0.05) is 0 Å². The third-order valence-electron chi connectivity index (χ3n) is 3.57. The smallest absolute Gasteiger partial charge is 0.352 e. The largest absolute Gasteiger partial charge is 0.477 e. The van der Waals surface area contributed by atoms with Crippen LogP contribution in [0.15, 0.2) is 11.3 Å². The van der Waals surface area contributed by atoms with Crippen molar-refractivity contribution in [2.75, 3.05) is 12.4 Å². The molecule has 0 aromatic heterocycles. The van der Waals surface area contributed by atoms with E-state index in [0.717, 1.165) is 0 Å². The molecule has 3 aliphatic rings. The Hall–Kier alpha value is -0.660. The summed E-state index contributed by atoms with van der Waals surface area (Å²) >= 11 is 1.52. The molecule has 2 saturated heterocycles. The van der Waals surface area contributed by atoms with E-state index in [0.29, 0.717) is 24.4 Å². The van der Waals surface area contributed by atoms with E-state index in [-0.39, 0.29) is 17.0 Å². The lowest BCUT2D eigenvalue weighted by atomic mass is 9.84. The van der Waals surface area contributed by atoms with Crippen molar-refractivity contribution in [1.29, 1.82) is 0 Å². The summed E-state index contributed by atoms with van der Waals surface area (Å²) in [6.45, 7) is 2.03. The van der Waals surface area contributed by atoms with Gasteiger partial charge in [-0.05, 0) is 12.5 Å². The van der Waals surface area contributed by atoms with Crippen molar-refractivity contribution in [2.45, 2.75) is 24.3 Å². The maximum atomic E-state index is 12.4. The van der Waals surface area contributed by atoms with Gasteiger partial charge in [0.2, 0.25) is 0 Å². The van der Waals surface area contributed by atoms with Gasteiger partial charge in [0.25, 0.3) is 14.4 Å². The minimum Gasteiger partial charge on any atom is -0.477 e. The van der Waals surface area contributed by atoms with E-state index in [4.69, 9.17) is 4.52 Å². The molecule has 3 rings (SSSR count). The predicted octanol–water partition coefficient (Wildman–Crippen LogP) is 0.228. The number of hydrogen-bond acceptors (Lipinski definition) is 6. The fourth-order valence-electron chi connectivity index (χ4n) is 2.67. The lowest BCUT2D eigenvalue weighted by Gasteiger charge is -2.58. The van der Waals surface area contributed by atoms with E-state index in [1.54, 1.807) is 6.92 Å². The normalized spacial score (nSPS) is 38.2. The number of thioether (sulfide) groups is 1. The average molecular weight is 304 g/mol. The van der Waals surface area contributed by atoms with E-state index in [9.17, 15) is 19.6 Å². The number of fused-ring (bicyclic) bond motifs is 2. The summed E-state index contributed by atoms with van der Waals surface area (Å²) in [7, 11) is -1.81. The van der Waals surface area contributed by atoms with Crippen LogP contribution in [-0.4, -0.2) is 50.0 Å². The Balaban J connectivity index is 1.93. The van der Waals surface area contributed by atoms with E-state index >= 15 is 0 Å². The lowest BCUT2D eigenvalue weighted by molar-refractivity contribution is -0.157. The van der Waals surface area contributed by atoms with Crippen LogP contribution >= 0.6 is 20.3 Å². The maximum Gasteiger partial charge on any atom is 0.352 e. The zero-order chi connectivity index (χ0) is 13.8. The molecule has 0 aromatic carbocycles. The summed E-state index contributed by atoms with van der Waals surface area (Å²) in [5.74, 6) is -0.792. The maximum absolute atomic E-state index is 12.4. The highest BCUT2D eigenvalue weighted by molar-refractivity contribution is 8.00. The molecule has 0 radical (unpaired) electrons. The minimum atomic E-state index is -1.81.